The van der Waals surface area contributed by atoms with Crippen molar-refractivity contribution in [2.24, 2.45) is 11.8 Å². The van der Waals surface area contributed by atoms with Crippen LogP contribution in [0.1, 0.15) is 0 Å². The van der Waals surface area contributed by atoms with Crippen LogP contribution in [0.15, 0.2) is 39.8 Å². The zero-order chi connectivity index (χ0) is 16.2. The second kappa shape index (κ2) is 5.05. The average Bonchev–Trinajstić information content (AvgIpc) is 3.19. The maximum atomic E-state index is 12.7. The molecule has 0 aliphatic carbocycles. The van der Waals surface area contributed by atoms with E-state index < -0.39 is 21.9 Å². The Bertz CT molecular complexity index is 840. The molecular weight excluding hydrogens is 322 g/mol. The summed E-state index contributed by atoms with van der Waals surface area (Å²) in [5.41, 5.74) is 0.505. The Hall–Kier alpha value is -1.90. The molecule has 4 rings (SSSR count). The Kier molecular flexibility index (Phi) is 3.22. The van der Waals surface area contributed by atoms with Gasteiger partial charge in [0.2, 0.25) is 5.09 Å². The summed E-state index contributed by atoms with van der Waals surface area (Å²) in [7, 11) is -3.80. The molecule has 3 heterocycles. The Labute approximate surface area is 132 Å². The molecule has 1 N–H and O–H groups in total. The second-order valence-electron chi connectivity index (χ2n) is 5.91. The van der Waals surface area contributed by atoms with Gasteiger partial charge in [-0.15, -0.1) is 0 Å². The zero-order valence-corrected chi connectivity index (χ0v) is 12.9. The number of carboxylic acids is 1. The molecule has 8 heteroatoms. The summed E-state index contributed by atoms with van der Waals surface area (Å²) in [6, 6.07) is 8.55. The SMILES string of the molecule is O=C(O)[C@@H]1CO[C@@H]2CN(S(=O)(=O)c3cc4ccccc4o3)C[C@@H]21. The van der Waals surface area contributed by atoms with Crippen molar-refractivity contribution in [1.82, 2.24) is 4.31 Å². The van der Waals surface area contributed by atoms with Crippen molar-refractivity contribution in [3.05, 3.63) is 30.3 Å². The van der Waals surface area contributed by atoms with Crippen LogP contribution in [-0.2, 0) is 19.6 Å². The summed E-state index contributed by atoms with van der Waals surface area (Å²) in [6.45, 7) is 0.442. The van der Waals surface area contributed by atoms with Crippen molar-refractivity contribution in [3.63, 3.8) is 0 Å². The standard InChI is InChI=1S/C15H15NO6S/c17-15(18)11-8-21-13-7-16(6-10(11)13)23(19,20)14-5-9-3-1-2-4-12(9)22-14/h1-5,10-11,13H,6-8H2,(H,17,18)/t10-,11-,13-/m1/s1. The van der Waals surface area contributed by atoms with Crippen LogP contribution in [-0.4, -0.2) is 49.6 Å². The lowest BCUT2D eigenvalue weighted by atomic mass is 9.94. The van der Waals surface area contributed by atoms with Gasteiger partial charge in [-0.25, -0.2) is 8.42 Å². The highest BCUT2D eigenvalue weighted by atomic mass is 32.2. The molecule has 0 amide bonds. The van der Waals surface area contributed by atoms with Gasteiger partial charge in [0.15, 0.2) is 0 Å². The van der Waals surface area contributed by atoms with Crippen LogP contribution in [0.3, 0.4) is 0 Å². The number of rotatable bonds is 3. The lowest BCUT2D eigenvalue weighted by molar-refractivity contribution is -0.142. The number of ether oxygens (including phenoxy) is 1. The third kappa shape index (κ3) is 2.25. The summed E-state index contributed by atoms with van der Waals surface area (Å²) >= 11 is 0. The maximum Gasteiger partial charge on any atom is 0.309 e. The van der Waals surface area contributed by atoms with Crippen molar-refractivity contribution < 1.29 is 27.5 Å². The van der Waals surface area contributed by atoms with E-state index in [4.69, 9.17) is 9.15 Å². The highest BCUT2D eigenvalue weighted by Crippen LogP contribution is 2.37. The Morgan fingerprint density at radius 1 is 1.26 bits per heavy atom. The number of sulfonamides is 1. The summed E-state index contributed by atoms with van der Waals surface area (Å²) in [5.74, 6) is -1.91. The maximum absolute atomic E-state index is 12.7. The summed E-state index contributed by atoms with van der Waals surface area (Å²) in [4.78, 5) is 11.2. The average molecular weight is 337 g/mol. The van der Waals surface area contributed by atoms with Crippen molar-refractivity contribution >= 4 is 27.0 Å². The largest absolute Gasteiger partial charge is 0.481 e. The number of hydrogen-bond acceptors (Lipinski definition) is 5. The van der Waals surface area contributed by atoms with Gasteiger partial charge in [0.25, 0.3) is 10.0 Å². The molecule has 0 spiro atoms. The molecule has 2 saturated heterocycles. The number of nitrogens with zero attached hydrogens (tertiary/aromatic N) is 1. The number of carbonyl (C=O) groups is 1. The Balaban J connectivity index is 1.64. The number of benzene rings is 1. The lowest BCUT2D eigenvalue weighted by Gasteiger charge is -2.16. The van der Waals surface area contributed by atoms with E-state index in [9.17, 15) is 18.3 Å². The van der Waals surface area contributed by atoms with E-state index in [1.807, 2.05) is 0 Å². The molecule has 2 aliphatic rings. The Morgan fingerprint density at radius 2 is 2.04 bits per heavy atom. The summed E-state index contributed by atoms with van der Waals surface area (Å²) in [6.07, 6.45) is -0.366. The van der Waals surface area contributed by atoms with Gasteiger partial charge in [0, 0.05) is 30.5 Å². The van der Waals surface area contributed by atoms with Crippen LogP contribution in [0.5, 0.6) is 0 Å². The summed E-state index contributed by atoms with van der Waals surface area (Å²) < 4.78 is 37.6. The molecule has 0 radical (unpaired) electrons. The monoisotopic (exact) mass is 337 g/mol. The summed E-state index contributed by atoms with van der Waals surface area (Å²) in [5, 5.41) is 9.79. The number of carboxylic acid groups (broad SMARTS) is 1. The van der Waals surface area contributed by atoms with Gasteiger partial charge in [-0.1, -0.05) is 18.2 Å². The molecule has 0 saturated carbocycles. The first-order valence-corrected chi connectivity index (χ1v) is 8.74. The van der Waals surface area contributed by atoms with Gasteiger partial charge in [-0.3, -0.25) is 4.79 Å². The molecule has 2 fully saturated rings. The second-order valence-corrected chi connectivity index (χ2v) is 7.77. The van der Waals surface area contributed by atoms with Crippen LogP contribution in [0.2, 0.25) is 0 Å². The fraction of sp³-hybridized carbons (Fsp3) is 0.400. The fourth-order valence-corrected chi connectivity index (χ4v) is 4.78. The van der Waals surface area contributed by atoms with Crippen molar-refractivity contribution in [2.75, 3.05) is 19.7 Å². The number of para-hydroxylation sites is 1. The number of aliphatic carboxylic acids is 1. The van der Waals surface area contributed by atoms with Crippen molar-refractivity contribution in [2.45, 2.75) is 11.2 Å². The van der Waals surface area contributed by atoms with Crippen LogP contribution >= 0.6 is 0 Å². The minimum Gasteiger partial charge on any atom is -0.481 e. The predicted molar refractivity (Wildman–Crippen MR) is 79.3 cm³/mol. The van der Waals surface area contributed by atoms with E-state index in [2.05, 4.69) is 0 Å². The van der Waals surface area contributed by atoms with Gasteiger partial charge in [0.05, 0.1) is 18.6 Å². The molecule has 122 valence electrons. The van der Waals surface area contributed by atoms with Crippen LogP contribution in [0.25, 0.3) is 11.0 Å². The predicted octanol–water partition coefficient (Wildman–Crippen LogP) is 1.15. The van der Waals surface area contributed by atoms with Crippen LogP contribution in [0.4, 0.5) is 0 Å². The molecule has 3 atom stereocenters. The molecule has 2 aliphatic heterocycles. The van der Waals surface area contributed by atoms with E-state index in [-0.39, 0.29) is 36.8 Å². The highest BCUT2D eigenvalue weighted by Gasteiger charge is 2.50. The first-order valence-electron chi connectivity index (χ1n) is 7.30. The van der Waals surface area contributed by atoms with Gasteiger partial charge < -0.3 is 14.3 Å². The van der Waals surface area contributed by atoms with Gasteiger partial charge in [-0.2, -0.15) is 4.31 Å². The zero-order valence-electron chi connectivity index (χ0n) is 12.1. The normalized spacial score (nSPS) is 28.3. The highest BCUT2D eigenvalue weighted by molar-refractivity contribution is 7.89. The number of furan rings is 1. The van der Waals surface area contributed by atoms with Crippen LogP contribution < -0.4 is 0 Å². The Morgan fingerprint density at radius 3 is 2.78 bits per heavy atom. The molecule has 1 aromatic carbocycles. The first-order chi connectivity index (χ1) is 11.0. The fourth-order valence-electron chi connectivity index (χ4n) is 3.34. The third-order valence-electron chi connectivity index (χ3n) is 4.60. The third-order valence-corrected chi connectivity index (χ3v) is 6.28. The topological polar surface area (TPSA) is 97.0 Å². The van der Waals surface area contributed by atoms with Gasteiger partial charge in [0.1, 0.15) is 5.58 Å². The first kappa shape index (κ1) is 14.7. The van der Waals surface area contributed by atoms with E-state index >= 15 is 0 Å². The van der Waals surface area contributed by atoms with E-state index in [0.717, 1.165) is 0 Å². The molecule has 0 bridgehead atoms. The molecule has 7 nitrogen and oxygen atoms in total. The molecule has 1 aromatic heterocycles. The van der Waals surface area contributed by atoms with E-state index in [0.29, 0.717) is 11.0 Å². The lowest BCUT2D eigenvalue weighted by Crippen LogP contribution is -2.32. The van der Waals surface area contributed by atoms with Crippen LogP contribution in [0, 0.1) is 11.8 Å². The quantitative estimate of drug-likeness (QED) is 0.902. The van der Waals surface area contributed by atoms with Gasteiger partial charge >= 0.3 is 5.97 Å². The molecular formula is C15H15NO6S. The molecule has 23 heavy (non-hydrogen) atoms. The number of fused-ring (bicyclic) bond motifs is 2. The smallest absolute Gasteiger partial charge is 0.309 e. The van der Waals surface area contributed by atoms with Gasteiger partial charge in [-0.05, 0) is 6.07 Å². The van der Waals surface area contributed by atoms with Crippen molar-refractivity contribution in [3.8, 4) is 0 Å². The number of hydrogen-bond donors (Lipinski definition) is 1. The van der Waals surface area contributed by atoms with E-state index in [1.165, 1.54) is 10.4 Å². The minimum absolute atomic E-state index is 0.120. The minimum atomic E-state index is -3.80. The molecule has 0 unspecified atom stereocenters. The van der Waals surface area contributed by atoms with Crippen molar-refractivity contribution in [1.29, 1.82) is 0 Å². The molecule has 2 aromatic rings. The van der Waals surface area contributed by atoms with E-state index in [1.54, 1.807) is 24.3 Å².